The van der Waals surface area contributed by atoms with Gasteiger partial charge in [0.25, 0.3) is 0 Å². The summed E-state index contributed by atoms with van der Waals surface area (Å²) in [6.07, 6.45) is -4.94. The maximum Gasteiger partial charge on any atom is 0.471 e. The molecule has 0 unspecified atom stereocenters. The Morgan fingerprint density at radius 1 is 1.26 bits per heavy atom. The normalized spacial score (nSPS) is 10.8. The maximum absolute atomic E-state index is 12.3. The second-order valence-electron chi connectivity index (χ2n) is 4.07. The summed E-state index contributed by atoms with van der Waals surface area (Å²) in [5.41, 5.74) is 0.785. The van der Waals surface area contributed by atoms with E-state index in [1.165, 1.54) is 18.2 Å². The molecule has 0 aliphatic carbocycles. The van der Waals surface area contributed by atoms with Gasteiger partial charge < -0.3 is 9.80 Å². The van der Waals surface area contributed by atoms with Crippen LogP contribution < -0.4 is 9.80 Å². The van der Waals surface area contributed by atoms with Crippen molar-refractivity contribution in [3.05, 3.63) is 23.8 Å². The highest BCUT2D eigenvalue weighted by Gasteiger charge is 2.41. The molecule has 0 saturated carbocycles. The van der Waals surface area contributed by atoms with E-state index >= 15 is 0 Å². The summed E-state index contributed by atoms with van der Waals surface area (Å²) >= 11 is 0. The Bertz CT molecular complexity index is 532. The Hall–Kier alpha value is -2.23. The van der Waals surface area contributed by atoms with Crippen LogP contribution in [-0.2, 0) is 4.79 Å². The predicted molar refractivity (Wildman–Crippen MR) is 64.9 cm³/mol. The Labute approximate surface area is 108 Å². The van der Waals surface area contributed by atoms with E-state index in [4.69, 9.17) is 5.26 Å². The number of amides is 1. The summed E-state index contributed by atoms with van der Waals surface area (Å²) in [6.45, 7) is 0. The molecule has 1 amide bonds. The number of carbonyl (C=O) groups is 1. The zero-order valence-electron chi connectivity index (χ0n) is 10.6. The summed E-state index contributed by atoms with van der Waals surface area (Å²) < 4.78 is 36.9. The highest BCUT2D eigenvalue weighted by atomic mass is 19.4. The molecule has 0 radical (unpaired) electrons. The minimum Gasteiger partial charge on any atom is -0.377 e. The average molecular weight is 271 g/mol. The highest BCUT2D eigenvalue weighted by molar-refractivity contribution is 5.97. The van der Waals surface area contributed by atoms with Crippen LogP contribution in [0.2, 0.25) is 0 Å². The monoisotopic (exact) mass is 271 g/mol. The molecule has 0 aliphatic rings. The van der Waals surface area contributed by atoms with Crippen molar-refractivity contribution in [3.8, 4) is 6.07 Å². The first-order valence-corrected chi connectivity index (χ1v) is 5.25. The van der Waals surface area contributed by atoms with Gasteiger partial charge in [0, 0.05) is 26.8 Å². The standard InChI is InChI=1S/C12H12F3N3O/c1-17(2)10-5-4-9(6-8(10)7-16)18(3)11(19)12(13,14)15/h4-6H,1-3H3. The minimum absolute atomic E-state index is 0.0180. The summed E-state index contributed by atoms with van der Waals surface area (Å²) in [6, 6.07) is 5.99. The molecule has 4 nitrogen and oxygen atoms in total. The van der Waals surface area contributed by atoms with Crippen LogP contribution in [0.3, 0.4) is 0 Å². The molecular formula is C12H12F3N3O. The lowest BCUT2D eigenvalue weighted by molar-refractivity contribution is -0.170. The second kappa shape index (κ2) is 5.18. The van der Waals surface area contributed by atoms with Gasteiger partial charge in [-0.25, -0.2) is 0 Å². The van der Waals surface area contributed by atoms with Crippen molar-refractivity contribution < 1.29 is 18.0 Å². The highest BCUT2D eigenvalue weighted by Crippen LogP contribution is 2.27. The summed E-state index contributed by atoms with van der Waals surface area (Å²) in [4.78, 5) is 13.2. The molecule has 1 rings (SSSR count). The number of alkyl halides is 3. The molecule has 0 spiro atoms. The molecule has 0 heterocycles. The molecule has 0 atom stereocenters. The first-order chi connectivity index (χ1) is 8.68. The molecule has 1 aromatic rings. The molecular weight excluding hydrogens is 259 g/mol. The van der Waals surface area contributed by atoms with E-state index in [2.05, 4.69) is 0 Å². The SMILES string of the molecule is CN(C)c1ccc(N(C)C(=O)C(F)(F)F)cc1C#N. The van der Waals surface area contributed by atoms with E-state index in [1.54, 1.807) is 19.0 Å². The molecule has 0 aliphatic heterocycles. The molecule has 0 aromatic heterocycles. The number of nitriles is 1. The third kappa shape index (κ3) is 3.16. The predicted octanol–water partition coefficient (Wildman–Crippen LogP) is 2.15. The Morgan fingerprint density at radius 3 is 2.26 bits per heavy atom. The Balaban J connectivity index is 3.18. The van der Waals surface area contributed by atoms with Crippen LogP contribution in [-0.4, -0.2) is 33.2 Å². The zero-order chi connectivity index (χ0) is 14.8. The molecule has 0 N–H and O–H groups in total. The third-order valence-electron chi connectivity index (χ3n) is 2.52. The number of anilines is 2. The van der Waals surface area contributed by atoms with Crippen LogP contribution in [0.1, 0.15) is 5.56 Å². The van der Waals surface area contributed by atoms with E-state index in [9.17, 15) is 18.0 Å². The van der Waals surface area contributed by atoms with Crippen molar-refractivity contribution in [2.24, 2.45) is 0 Å². The van der Waals surface area contributed by atoms with Gasteiger partial charge in [0.2, 0.25) is 0 Å². The molecule has 0 bridgehead atoms. The van der Waals surface area contributed by atoms with E-state index in [-0.39, 0.29) is 11.3 Å². The van der Waals surface area contributed by atoms with Gasteiger partial charge in [-0.05, 0) is 18.2 Å². The van der Waals surface area contributed by atoms with Crippen molar-refractivity contribution in [2.45, 2.75) is 6.18 Å². The summed E-state index contributed by atoms with van der Waals surface area (Å²) in [7, 11) is 4.43. The van der Waals surface area contributed by atoms with Gasteiger partial charge in [0.1, 0.15) is 6.07 Å². The molecule has 1 aromatic carbocycles. The van der Waals surface area contributed by atoms with Gasteiger partial charge in [-0.3, -0.25) is 4.79 Å². The lowest BCUT2D eigenvalue weighted by atomic mass is 10.1. The van der Waals surface area contributed by atoms with Crippen molar-refractivity contribution in [2.75, 3.05) is 30.9 Å². The molecule has 0 saturated heterocycles. The van der Waals surface area contributed by atoms with Crippen molar-refractivity contribution in [1.29, 1.82) is 5.26 Å². The first-order valence-electron chi connectivity index (χ1n) is 5.25. The third-order valence-corrected chi connectivity index (χ3v) is 2.52. The molecule has 0 fully saturated rings. The summed E-state index contributed by atoms with van der Waals surface area (Å²) in [5.74, 6) is -1.98. The number of hydrogen-bond acceptors (Lipinski definition) is 3. The fourth-order valence-electron chi connectivity index (χ4n) is 1.52. The van der Waals surface area contributed by atoms with Gasteiger partial charge >= 0.3 is 12.1 Å². The molecule has 7 heteroatoms. The lowest BCUT2D eigenvalue weighted by Crippen LogP contribution is -2.38. The van der Waals surface area contributed by atoms with Crippen molar-refractivity contribution >= 4 is 17.3 Å². The number of hydrogen-bond donors (Lipinski definition) is 0. The fourth-order valence-corrected chi connectivity index (χ4v) is 1.52. The van der Waals surface area contributed by atoms with Crippen molar-refractivity contribution in [1.82, 2.24) is 0 Å². The van der Waals surface area contributed by atoms with Gasteiger partial charge in [0.05, 0.1) is 11.3 Å². The maximum atomic E-state index is 12.3. The fraction of sp³-hybridized carbons (Fsp3) is 0.333. The number of nitrogens with zero attached hydrogens (tertiary/aromatic N) is 3. The van der Waals surface area contributed by atoms with E-state index in [0.29, 0.717) is 10.6 Å². The quantitative estimate of drug-likeness (QED) is 0.828. The number of benzene rings is 1. The first kappa shape index (κ1) is 14.8. The van der Waals surface area contributed by atoms with Crippen LogP contribution in [0.15, 0.2) is 18.2 Å². The topological polar surface area (TPSA) is 47.3 Å². The lowest BCUT2D eigenvalue weighted by Gasteiger charge is -2.21. The van der Waals surface area contributed by atoms with E-state index in [1.807, 2.05) is 6.07 Å². The Kier molecular flexibility index (Phi) is 4.04. The smallest absolute Gasteiger partial charge is 0.377 e. The number of rotatable bonds is 2. The second-order valence-corrected chi connectivity index (χ2v) is 4.07. The van der Waals surface area contributed by atoms with Gasteiger partial charge in [-0.15, -0.1) is 0 Å². The largest absolute Gasteiger partial charge is 0.471 e. The van der Waals surface area contributed by atoms with Crippen LogP contribution in [0.5, 0.6) is 0 Å². The molecule has 19 heavy (non-hydrogen) atoms. The molecule has 102 valence electrons. The van der Waals surface area contributed by atoms with Crippen LogP contribution in [0.4, 0.5) is 24.5 Å². The van der Waals surface area contributed by atoms with E-state index < -0.39 is 12.1 Å². The van der Waals surface area contributed by atoms with Gasteiger partial charge in [-0.1, -0.05) is 0 Å². The Morgan fingerprint density at radius 2 is 1.84 bits per heavy atom. The van der Waals surface area contributed by atoms with Crippen LogP contribution in [0.25, 0.3) is 0 Å². The number of carbonyl (C=O) groups excluding carboxylic acids is 1. The van der Waals surface area contributed by atoms with Crippen LogP contribution >= 0.6 is 0 Å². The zero-order valence-corrected chi connectivity index (χ0v) is 10.6. The minimum atomic E-state index is -4.94. The van der Waals surface area contributed by atoms with Gasteiger partial charge in [-0.2, -0.15) is 18.4 Å². The average Bonchev–Trinajstić information content (AvgIpc) is 2.34. The van der Waals surface area contributed by atoms with Crippen molar-refractivity contribution in [3.63, 3.8) is 0 Å². The van der Waals surface area contributed by atoms with Crippen LogP contribution in [0, 0.1) is 11.3 Å². The number of halogens is 3. The summed E-state index contributed by atoms with van der Waals surface area (Å²) in [5, 5.41) is 8.97. The van der Waals surface area contributed by atoms with E-state index in [0.717, 1.165) is 7.05 Å². The van der Waals surface area contributed by atoms with Gasteiger partial charge in [0.15, 0.2) is 0 Å².